The van der Waals surface area contributed by atoms with Gasteiger partial charge in [0.05, 0.1) is 13.2 Å². The summed E-state index contributed by atoms with van der Waals surface area (Å²) in [6.45, 7) is 5.12. The Bertz CT molecular complexity index is 731. The van der Waals surface area contributed by atoms with E-state index in [1.807, 2.05) is 17.0 Å². The van der Waals surface area contributed by atoms with Crippen LogP contribution in [0.5, 0.6) is 0 Å². The molecule has 1 amide bonds. The minimum absolute atomic E-state index is 0.168. The lowest BCUT2D eigenvalue weighted by atomic mass is 9.90. The van der Waals surface area contributed by atoms with Crippen LogP contribution in [0.4, 0.5) is 5.69 Å². The van der Waals surface area contributed by atoms with E-state index in [1.54, 1.807) is 0 Å². The van der Waals surface area contributed by atoms with Crippen molar-refractivity contribution >= 4 is 11.6 Å². The SMILES string of the molecule is O=C(c1ccc(N2CCOCC2)cc1)N1CCC(Cc2ccccc2)CC1. The van der Waals surface area contributed by atoms with Crippen LogP contribution in [0.3, 0.4) is 0 Å². The number of benzene rings is 2. The fourth-order valence-corrected chi connectivity index (χ4v) is 4.11. The zero-order valence-electron chi connectivity index (χ0n) is 15.8. The van der Waals surface area contributed by atoms with Crippen LogP contribution in [0, 0.1) is 5.92 Å². The minimum Gasteiger partial charge on any atom is -0.378 e. The summed E-state index contributed by atoms with van der Waals surface area (Å²) >= 11 is 0. The lowest BCUT2D eigenvalue weighted by molar-refractivity contribution is 0.0690. The summed E-state index contributed by atoms with van der Waals surface area (Å²) in [7, 11) is 0. The third kappa shape index (κ3) is 4.51. The number of ether oxygens (including phenoxy) is 1. The molecule has 4 heteroatoms. The molecule has 2 aliphatic rings. The Kier molecular flexibility index (Phi) is 5.73. The summed E-state index contributed by atoms with van der Waals surface area (Å²) < 4.78 is 5.41. The van der Waals surface area contributed by atoms with Gasteiger partial charge in [0.1, 0.15) is 0 Å². The quantitative estimate of drug-likeness (QED) is 0.831. The van der Waals surface area contributed by atoms with Gasteiger partial charge in [-0.2, -0.15) is 0 Å². The van der Waals surface area contributed by atoms with Crippen molar-refractivity contribution < 1.29 is 9.53 Å². The molecule has 0 N–H and O–H groups in total. The van der Waals surface area contributed by atoms with E-state index in [4.69, 9.17) is 4.74 Å². The number of carbonyl (C=O) groups excluding carboxylic acids is 1. The topological polar surface area (TPSA) is 32.8 Å². The molecule has 0 aromatic heterocycles. The average molecular weight is 364 g/mol. The second-order valence-corrected chi connectivity index (χ2v) is 7.57. The fraction of sp³-hybridized carbons (Fsp3) is 0.435. The van der Waals surface area contributed by atoms with E-state index in [9.17, 15) is 4.79 Å². The van der Waals surface area contributed by atoms with Crippen LogP contribution in [-0.4, -0.2) is 50.2 Å². The molecule has 0 aliphatic carbocycles. The van der Waals surface area contributed by atoms with Crippen molar-refractivity contribution in [3.8, 4) is 0 Å². The van der Waals surface area contributed by atoms with Crippen LogP contribution in [0.15, 0.2) is 54.6 Å². The van der Waals surface area contributed by atoms with E-state index < -0.39 is 0 Å². The molecule has 2 aromatic carbocycles. The first-order chi connectivity index (χ1) is 13.3. The first-order valence-electron chi connectivity index (χ1n) is 10.1. The van der Waals surface area contributed by atoms with Crippen LogP contribution < -0.4 is 4.90 Å². The van der Waals surface area contributed by atoms with Gasteiger partial charge in [-0.1, -0.05) is 30.3 Å². The van der Waals surface area contributed by atoms with Crippen molar-refractivity contribution in [1.82, 2.24) is 4.90 Å². The van der Waals surface area contributed by atoms with Gasteiger partial charge in [-0.05, 0) is 55.0 Å². The Morgan fingerprint density at radius 3 is 2.22 bits per heavy atom. The van der Waals surface area contributed by atoms with Gasteiger partial charge < -0.3 is 14.5 Å². The molecular weight excluding hydrogens is 336 g/mol. The zero-order valence-corrected chi connectivity index (χ0v) is 15.8. The zero-order chi connectivity index (χ0) is 18.5. The van der Waals surface area contributed by atoms with Crippen LogP contribution >= 0.6 is 0 Å². The molecule has 0 bridgehead atoms. The molecule has 2 fully saturated rings. The third-order valence-corrected chi connectivity index (χ3v) is 5.76. The molecule has 27 heavy (non-hydrogen) atoms. The summed E-state index contributed by atoms with van der Waals surface area (Å²) in [4.78, 5) is 17.2. The molecule has 0 saturated carbocycles. The molecule has 0 radical (unpaired) electrons. The van der Waals surface area contributed by atoms with Gasteiger partial charge in [-0.3, -0.25) is 4.79 Å². The maximum atomic E-state index is 12.8. The monoisotopic (exact) mass is 364 g/mol. The second-order valence-electron chi connectivity index (χ2n) is 7.57. The van der Waals surface area contributed by atoms with Crippen molar-refractivity contribution in [3.63, 3.8) is 0 Å². The predicted molar refractivity (Wildman–Crippen MR) is 108 cm³/mol. The maximum absolute atomic E-state index is 12.8. The van der Waals surface area contributed by atoms with Gasteiger partial charge in [-0.25, -0.2) is 0 Å². The summed E-state index contributed by atoms with van der Waals surface area (Å²) in [6.07, 6.45) is 3.30. The third-order valence-electron chi connectivity index (χ3n) is 5.76. The maximum Gasteiger partial charge on any atom is 0.253 e. The van der Waals surface area contributed by atoms with Crippen LogP contribution in [-0.2, 0) is 11.2 Å². The molecule has 2 saturated heterocycles. The van der Waals surface area contributed by atoms with E-state index in [0.29, 0.717) is 5.92 Å². The molecule has 2 heterocycles. The number of morpholine rings is 1. The summed E-state index contributed by atoms with van der Waals surface area (Å²) in [5, 5.41) is 0. The average Bonchev–Trinajstić information content (AvgIpc) is 2.75. The number of nitrogens with zero attached hydrogens (tertiary/aromatic N) is 2. The Balaban J connectivity index is 1.31. The lowest BCUT2D eigenvalue weighted by Gasteiger charge is -2.32. The number of hydrogen-bond donors (Lipinski definition) is 0. The fourth-order valence-electron chi connectivity index (χ4n) is 4.11. The van der Waals surface area contributed by atoms with E-state index in [2.05, 4.69) is 47.4 Å². The first kappa shape index (κ1) is 18.1. The highest BCUT2D eigenvalue weighted by Gasteiger charge is 2.24. The summed E-state index contributed by atoms with van der Waals surface area (Å²) in [6, 6.07) is 18.8. The van der Waals surface area contributed by atoms with E-state index in [1.165, 1.54) is 11.3 Å². The lowest BCUT2D eigenvalue weighted by Crippen LogP contribution is -2.39. The van der Waals surface area contributed by atoms with Crippen molar-refractivity contribution in [3.05, 3.63) is 65.7 Å². The molecular formula is C23H28N2O2. The van der Waals surface area contributed by atoms with Crippen LogP contribution in [0.25, 0.3) is 0 Å². The minimum atomic E-state index is 0.168. The predicted octanol–water partition coefficient (Wildman–Crippen LogP) is 3.62. The molecule has 142 valence electrons. The Labute approximate surface area is 161 Å². The van der Waals surface area contributed by atoms with Crippen molar-refractivity contribution in [2.24, 2.45) is 5.92 Å². The number of rotatable bonds is 4. The normalized spacial score (nSPS) is 18.5. The Morgan fingerprint density at radius 1 is 0.889 bits per heavy atom. The highest BCUT2D eigenvalue weighted by Crippen LogP contribution is 2.24. The van der Waals surface area contributed by atoms with Gasteiger partial charge in [0.15, 0.2) is 0 Å². The van der Waals surface area contributed by atoms with Crippen LogP contribution in [0.1, 0.15) is 28.8 Å². The van der Waals surface area contributed by atoms with Gasteiger partial charge >= 0.3 is 0 Å². The van der Waals surface area contributed by atoms with Gasteiger partial charge in [-0.15, -0.1) is 0 Å². The molecule has 0 spiro atoms. The Hall–Kier alpha value is -2.33. The number of carbonyl (C=O) groups is 1. The second kappa shape index (κ2) is 8.57. The standard InChI is InChI=1S/C23H28N2O2/c26-23(21-6-8-22(9-7-21)24-14-16-27-17-15-24)25-12-10-20(11-13-25)18-19-4-2-1-3-5-19/h1-9,20H,10-18H2. The van der Waals surface area contributed by atoms with Crippen molar-refractivity contribution in [2.75, 3.05) is 44.3 Å². The van der Waals surface area contributed by atoms with E-state index in [-0.39, 0.29) is 5.91 Å². The largest absolute Gasteiger partial charge is 0.378 e. The molecule has 4 rings (SSSR count). The first-order valence-corrected chi connectivity index (χ1v) is 10.1. The van der Waals surface area contributed by atoms with Crippen LogP contribution in [0.2, 0.25) is 0 Å². The number of anilines is 1. The highest BCUT2D eigenvalue weighted by molar-refractivity contribution is 5.94. The molecule has 2 aromatic rings. The number of amides is 1. The summed E-state index contributed by atoms with van der Waals surface area (Å²) in [5.41, 5.74) is 3.38. The van der Waals surface area contributed by atoms with E-state index in [0.717, 1.165) is 64.2 Å². The number of piperidine rings is 1. The number of hydrogen-bond acceptors (Lipinski definition) is 3. The summed E-state index contributed by atoms with van der Waals surface area (Å²) in [5.74, 6) is 0.849. The van der Waals surface area contributed by atoms with Crippen molar-refractivity contribution in [2.45, 2.75) is 19.3 Å². The van der Waals surface area contributed by atoms with E-state index >= 15 is 0 Å². The Morgan fingerprint density at radius 2 is 1.56 bits per heavy atom. The number of likely N-dealkylation sites (tertiary alicyclic amines) is 1. The van der Waals surface area contributed by atoms with Gasteiger partial charge in [0, 0.05) is 37.4 Å². The smallest absolute Gasteiger partial charge is 0.253 e. The highest BCUT2D eigenvalue weighted by atomic mass is 16.5. The molecule has 0 atom stereocenters. The van der Waals surface area contributed by atoms with Crippen molar-refractivity contribution in [1.29, 1.82) is 0 Å². The molecule has 4 nitrogen and oxygen atoms in total. The van der Waals surface area contributed by atoms with Gasteiger partial charge in [0.25, 0.3) is 5.91 Å². The molecule has 2 aliphatic heterocycles. The molecule has 0 unspecified atom stereocenters. The van der Waals surface area contributed by atoms with Gasteiger partial charge in [0.2, 0.25) is 0 Å².